The van der Waals surface area contributed by atoms with Gasteiger partial charge in [0.2, 0.25) is 0 Å². The number of rotatable bonds is 9. The van der Waals surface area contributed by atoms with Crippen LogP contribution < -0.4 is 5.32 Å². The molecule has 0 fully saturated rings. The second-order valence-electron chi connectivity index (χ2n) is 8.51. The van der Waals surface area contributed by atoms with Crippen LogP contribution in [0.1, 0.15) is 12.1 Å². The lowest BCUT2D eigenvalue weighted by Crippen LogP contribution is -2.47. The van der Waals surface area contributed by atoms with E-state index in [1.165, 1.54) is 0 Å². The van der Waals surface area contributed by atoms with E-state index in [0.717, 1.165) is 50.4 Å². The number of nitrogens with zero attached hydrogens (tertiary/aromatic N) is 5. The van der Waals surface area contributed by atoms with E-state index in [1.54, 1.807) is 36.8 Å². The van der Waals surface area contributed by atoms with Gasteiger partial charge in [-0.3, -0.25) is 0 Å². The summed E-state index contributed by atoms with van der Waals surface area (Å²) >= 11 is 1.61. The number of methoxy groups -OCH3 is 2. The molecular weight excluding hydrogens is 478 g/mol. The molecule has 0 bridgehead atoms. The summed E-state index contributed by atoms with van der Waals surface area (Å²) in [4.78, 5) is 33.4. The molecule has 10 nitrogen and oxygen atoms in total. The number of benzene rings is 1. The quantitative estimate of drug-likeness (QED) is 0.351. The lowest BCUT2D eigenvalue weighted by molar-refractivity contribution is 0.105. The molecule has 0 unspecified atom stereocenters. The molecule has 0 spiro atoms. The van der Waals surface area contributed by atoms with E-state index < -0.39 is 0 Å². The van der Waals surface area contributed by atoms with Crippen molar-refractivity contribution in [1.82, 2.24) is 29.7 Å². The Kier molecular flexibility index (Phi) is 7.40. The summed E-state index contributed by atoms with van der Waals surface area (Å²) in [5.74, 6) is 0.742. The van der Waals surface area contributed by atoms with Gasteiger partial charge in [0.05, 0.1) is 34.3 Å². The topological polar surface area (TPSA) is 108 Å². The zero-order valence-electron chi connectivity index (χ0n) is 20.4. The van der Waals surface area contributed by atoms with Crippen LogP contribution in [0.25, 0.3) is 26.8 Å². The van der Waals surface area contributed by atoms with Crippen molar-refractivity contribution in [3.8, 4) is 0 Å². The molecule has 4 aromatic rings. The van der Waals surface area contributed by atoms with Crippen molar-refractivity contribution in [2.24, 2.45) is 0 Å². The van der Waals surface area contributed by atoms with Gasteiger partial charge in [-0.05, 0) is 36.3 Å². The average Bonchev–Trinajstić information content (AvgIpc) is 3.56. The van der Waals surface area contributed by atoms with Crippen LogP contribution in [0.5, 0.6) is 0 Å². The van der Waals surface area contributed by atoms with E-state index >= 15 is 0 Å². The number of hydrogen-bond donors (Lipinski definition) is 2. The molecule has 0 aliphatic carbocycles. The minimum absolute atomic E-state index is 0.00584. The summed E-state index contributed by atoms with van der Waals surface area (Å²) in [6.45, 7) is 3.26. The first-order valence-electron chi connectivity index (χ1n) is 11.8. The Balaban J connectivity index is 1.31. The number of thiazole rings is 1. The Bertz CT molecular complexity index is 1370. The molecule has 3 aromatic heterocycles. The number of hydrogen-bond acceptors (Lipinski definition) is 8. The maximum atomic E-state index is 13.1. The Morgan fingerprint density at radius 3 is 2.75 bits per heavy atom. The predicted molar refractivity (Wildman–Crippen MR) is 142 cm³/mol. The normalized spacial score (nSPS) is 13.8. The summed E-state index contributed by atoms with van der Waals surface area (Å²) in [5.41, 5.74) is 6.71. The van der Waals surface area contributed by atoms with Crippen LogP contribution in [0.2, 0.25) is 0 Å². The highest BCUT2D eigenvalue weighted by Crippen LogP contribution is 2.30. The van der Waals surface area contributed by atoms with Gasteiger partial charge in [-0.2, -0.15) is 0 Å². The average molecular weight is 508 g/mol. The maximum absolute atomic E-state index is 13.1. The monoisotopic (exact) mass is 507 g/mol. The maximum Gasteiger partial charge on any atom is 0.320 e. The van der Waals surface area contributed by atoms with Crippen LogP contribution in [0.15, 0.2) is 42.2 Å². The van der Waals surface area contributed by atoms with Crippen LogP contribution in [0.4, 0.5) is 16.3 Å². The number of fused-ring (bicyclic) bond motifs is 2. The third kappa shape index (κ3) is 5.18. The summed E-state index contributed by atoms with van der Waals surface area (Å²) in [5, 5.41) is 4.34. The summed E-state index contributed by atoms with van der Waals surface area (Å²) in [6.07, 6.45) is 4.41. The number of nitrogens with one attached hydrogen (secondary N) is 2. The summed E-state index contributed by atoms with van der Waals surface area (Å²) in [6, 6.07) is 8.16. The van der Waals surface area contributed by atoms with E-state index in [0.29, 0.717) is 39.4 Å². The van der Waals surface area contributed by atoms with Crippen molar-refractivity contribution in [2.75, 3.05) is 58.9 Å². The molecule has 2 N–H and O–H groups in total. The number of anilines is 2. The highest BCUT2D eigenvalue weighted by molar-refractivity contribution is 7.16. The molecular formula is C25H29N7O3S. The van der Waals surface area contributed by atoms with Crippen molar-refractivity contribution in [1.29, 1.82) is 0 Å². The lowest BCUT2D eigenvalue weighted by atomic mass is 10.1. The van der Waals surface area contributed by atoms with Gasteiger partial charge in [0.15, 0.2) is 0 Å². The van der Waals surface area contributed by atoms with E-state index in [4.69, 9.17) is 9.47 Å². The van der Waals surface area contributed by atoms with Crippen LogP contribution in [-0.4, -0.2) is 89.4 Å². The molecule has 188 valence electrons. The zero-order valence-corrected chi connectivity index (χ0v) is 21.2. The third-order valence-corrected chi connectivity index (χ3v) is 7.04. The van der Waals surface area contributed by atoms with Crippen LogP contribution in [0.3, 0.4) is 0 Å². The Morgan fingerprint density at radius 1 is 1.17 bits per heavy atom. The number of aromatic amines is 1. The fraction of sp³-hybridized carbons (Fsp3) is 0.360. The van der Waals surface area contributed by atoms with E-state index in [2.05, 4.69) is 43.5 Å². The smallest absolute Gasteiger partial charge is 0.320 e. The second-order valence-corrected chi connectivity index (χ2v) is 9.39. The number of ether oxygens (including phenoxy) is 2. The van der Waals surface area contributed by atoms with Crippen LogP contribution in [0, 0.1) is 0 Å². The van der Waals surface area contributed by atoms with Gasteiger partial charge in [0.25, 0.3) is 0 Å². The summed E-state index contributed by atoms with van der Waals surface area (Å²) in [7, 11) is 3.28. The molecule has 0 saturated heterocycles. The Labute approximate surface area is 213 Å². The van der Waals surface area contributed by atoms with Crippen molar-refractivity contribution in [2.45, 2.75) is 6.42 Å². The van der Waals surface area contributed by atoms with Gasteiger partial charge in [0, 0.05) is 51.8 Å². The molecule has 1 aliphatic heterocycles. The van der Waals surface area contributed by atoms with Gasteiger partial charge >= 0.3 is 6.03 Å². The fourth-order valence-corrected chi connectivity index (χ4v) is 4.99. The van der Waals surface area contributed by atoms with E-state index in [9.17, 15) is 4.79 Å². The summed E-state index contributed by atoms with van der Waals surface area (Å²) < 4.78 is 11.5. The van der Waals surface area contributed by atoms with Crippen molar-refractivity contribution in [3.63, 3.8) is 0 Å². The Morgan fingerprint density at radius 2 is 2.00 bits per heavy atom. The first kappa shape index (κ1) is 24.2. The van der Waals surface area contributed by atoms with Crippen LogP contribution >= 0.6 is 11.3 Å². The van der Waals surface area contributed by atoms with Gasteiger partial charge in [-0.15, -0.1) is 11.3 Å². The molecule has 1 aliphatic rings. The Hall–Kier alpha value is -3.54. The lowest BCUT2D eigenvalue weighted by Gasteiger charge is -2.32. The number of H-pyrrole nitrogens is 1. The number of carbonyl (C=O) groups is 1. The standard InChI is InChI=1S/C25H29N7O3S/c1-34-11-9-32(10-12-35-2)25(33)31-7-5-17(6-8-31)21-14-19-23(26-15-27-24(19)30-21)29-18-3-4-20-22(13-18)36-16-28-20/h3-5,13-16H,6-12H2,1-2H3,(H2,26,27,29,30). The molecule has 2 amide bonds. The first-order chi connectivity index (χ1) is 17.7. The number of aromatic nitrogens is 4. The van der Waals surface area contributed by atoms with Crippen molar-refractivity contribution in [3.05, 3.63) is 47.9 Å². The molecule has 0 saturated carbocycles. The molecule has 1 aromatic carbocycles. The number of carbonyl (C=O) groups excluding carboxylic acids is 1. The highest BCUT2D eigenvalue weighted by atomic mass is 32.1. The number of urea groups is 1. The van der Waals surface area contributed by atoms with Gasteiger partial charge in [-0.25, -0.2) is 19.7 Å². The highest BCUT2D eigenvalue weighted by Gasteiger charge is 2.23. The molecule has 36 heavy (non-hydrogen) atoms. The predicted octanol–water partition coefficient (Wildman–Crippen LogP) is 4.12. The van der Waals surface area contributed by atoms with Crippen molar-refractivity contribution < 1.29 is 14.3 Å². The van der Waals surface area contributed by atoms with Gasteiger partial charge < -0.3 is 29.6 Å². The molecule has 0 atom stereocenters. The molecule has 11 heteroatoms. The fourth-order valence-electron chi connectivity index (χ4n) is 4.28. The minimum atomic E-state index is 0.00584. The van der Waals surface area contributed by atoms with E-state index in [-0.39, 0.29) is 6.03 Å². The minimum Gasteiger partial charge on any atom is -0.383 e. The molecule has 4 heterocycles. The van der Waals surface area contributed by atoms with Crippen molar-refractivity contribution >= 4 is 55.7 Å². The number of amides is 2. The SMILES string of the molecule is COCCN(CCOC)C(=O)N1CC=C(c2cc3c(Nc4ccc5ncsc5c4)ncnc3[nH]2)CC1. The molecule has 0 radical (unpaired) electrons. The first-order valence-corrected chi connectivity index (χ1v) is 12.7. The van der Waals surface area contributed by atoms with E-state index in [1.807, 2.05) is 22.5 Å². The molecule has 5 rings (SSSR count). The zero-order chi connectivity index (χ0) is 24.9. The third-order valence-electron chi connectivity index (χ3n) is 6.25. The van der Waals surface area contributed by atoms with Gasteiger partial charge in [0.1, 0.15) is 17.8 Å². The van der Waals surface area contributed by atoms with Gasteiger partial charge in [-0.1, -0.05) is 6.08 Å². The second kappa shape index (κ2) is 11.0. The van der Waals surface area contributed by atoms with Crippen LogP contribution in [-0.2, 0) is 9.47 Å². The largest absolute Gasteiger partial charge is 0.383 e.